The van der Waals surface area contributed by atoms with Crippen molar-refractivity contribution in [3.8, 4) is 0 Å². The molecule has 0 saturated heterocycles. The molecule has 0 aliphatic heterocycles. The maximum absolute atomic E-state index is 4.79. The Morgan fingerprint density at radius 3 is 0.947 bits per heavy atom. The summed E-state index contributed by atoms with van der Waals surface area (Å²) in [6.45, 7) is 6.67. The van der Waals surface area contributed by atoms with Gasteiger partial charge in [0.15, 0.2) is 0 Å². The van der Waals surface area contributed by atoms with Gasteiger partial charge in [-0.25, -0.2) is 9.97 Å². The Morgan fingerprint density at radius 1 is 0.421 bits per heavy atom. The number of aromatic nitrogens is 2. The highest BCUT2D eigenvalue weighted by atomic mass is 14.9. The topological polar surface area (TPSA) is 25.8 Å². The lowest BCUT2D eigenvalue weighted by atomic mass is 10.0. The van der Waals surface area contributed by atoms with E-state index in [-0.39, 0.29) is 0 Å². The molecule has 0 fully saturated rings. The molecule has 0 amide bonds. The van der Waals surface area contributed by atoms with Crippen molar-refractivity contribution in [2.24, 2.45) is 0 Å². The van der Waals surface area contributed by atoms with Crippen molar-refractivity contribution < 1.29 is 0 Å². The number of rotatable bonds is 29. The molecule has 1 rings (SSSR count). The number of hydrogen-bond donors (Lipinski definition) is 0. The largest absolute Gasteiger partial charge is 0.238 e. The summed E-state index contributed by atoms with van der Waals surface area (Å²) >= 11 is 0. The Balaban J connectivity index is 2.03. The Labute approximate surface area is 240 Å². The molecule has 38 heavy (non-hydrogen) atoms. The Bertz CT molecular complexity index is 563. The molecule has 0 spiro atoms. The van der Waals surface area contributed by atoms with Crippen molar-refractivity contribution in [3.63, 3.8) is 0 Å². The van der Waals surface area contributed by atoms with Gasteiger partial charge in [-0.05, 0) is 31.7 Å². The van der Waals surface area contributed by atoms with Crippen LogP contribution in [0, 0.1) is 6.42 Å². The first-order valence-electron chi connectivity index (χ1n) is 17.5. The van der Waals surface area contributed by atoms with Crippen molar-refractivity contribution >= 4 is 0 Å². The Morgan fingerprint density at radius 2 is 0.684 bits per heavy atom. The predicted octanol–water partition coefficient (Wildman–Crippen LogP) is 12.3. The van der Waals surface area contributed by atoms with Crippen LogP contribution in [0.4, 0.5) is 0 Å². The molecular weight excluding hydrogens is 460 g/mol. The third-order valence-electron chi connectivity index (χ3n) is 8.18. The van der Waals surface area contributed by atoms with Gasteiger partial charge in [0.2, 0.25) is 0 Å². The third kappa shape index (κ3) is 22.0. The number of hydrogen-bond acceptors (Lipinski definition) is 2. The van der Waals surface area contributed by atoms with Crippen molar-refractivity contribution in [3.05, 3.63) is 29.7 Å². The standard InChI is InChI=1S/C36H67N2/c1-4-7-9-11-13-15-17-19-21-23-25-27-29-31-34-33-35(38-36(6-3)37-34)32-30-28-26-24-22-20-18-16-14-12-10-8-5-2/h6,33H,4-5,7-32H2,1-3H3. The molecule has 1 aromatic heterocycles. The molecule has 0 atom stereocenters. The quantitative estimate of drug-likeness (QED) is 0.0968. The van der Waals surface area contributed by atoms with Gasteiger partial charge < -0.3 is 0 Å². The molecule has 2 heteroatoms. The Kier molecular flexibility index (Phi) is 25.5. The van der Waals surface area contributed by atoms with Crippen LogP contribution in [-0.4, -0.2) is 9.97 Å². The Hall–Kier alpha value is -0.920. The van der Waals surface area contributed by atoms with Crippen LogP contribution in [0.15, 0.2) is 6.07 Å². The lowest BCUT2D eigenvalue weighted by molar-refractivity contribution is 0.538. The number of aryl methyl sites for hydroxylation is 2. The molecule has 0 N–H and O–H groups in total. The van der Waals surface area contributed by atoms with Crippen LogP contribution in [-0.2, 0) is 12.8 Å². The van der Waals surface area contributed by atoms with Crippen LogP contribution < -0.4 is 0 Å². The van der Waals surface area contributed by atoms with Gasteiger partial charge in [-0.1, -0.05) is 175 Å². The van der Waals surface area contributed by atoms with Crippen LogP contribution >= 0.6 is 0 Å². The minimum Gasteiger partial charge on any atom is -0.238 e. The molecule has 0 unspecified atom stereocenters. The van der Waals surface area contributed by atoms with Gasteiger partial charge in [0, 0.05) is 17.8 Å². The molecule has 1 heterocycles. The third-order valence-corrected chi connectivity index (χ3v) is 8.18. The van der Waals surface area contributed by atoms with E-state index in [2.05, 4.69) is 33.3 Å². The molecule has 0 aromatic carbocycles. The minimum absolute atomic E-state index is 0.932. The van der Waals surface area contributed by atoms with Crippen molar-refractivity contribution in [1.29, 1.82) is 0 Å². The minimum atomic E-state index is 0.932. The molecule has 0 aliphatic rings. The van der Waals surface area contributed by atoms with Gasteiger partial charge in [0.25, 0.3) is 0 Å². The van der Waals surface area contributed by atoms with Crippen LogP contribution in [0.3, 0.4) is 0 Å². The molecular formula is C36H67N2. The zero-order valence-corrected chi connectivity index (χ0v) is 26.3. The highest BCUT2D eigenvalue weighted by Gasteiger charge is 2.05. The summed E-state index contributed by atoms with van der Waals surface area (Å²) in [6, 6.07) is 2.30. The van der Waals surface area contributed by atoms with Crippen LogP contribution in [0.1, 0.15) is 205 Å². The van der Waals surface area contributed by atoms with Crippen LogP contribution in [0.5, 0.6) is 0 Å². The SMILES string of the molecule is C[CH]c1nc(CCCCCCCCCCCCCCC)cc(CCCCCCCCCCCCCCC)n1. The average molecular weight is 528 g/mol. The fourth-order valence-electron chi connectivity index (χ4n) is 5.61. The van der Waals surface area contributed by atoms with E-state index in [1.165, 1.54) is 178 Å². The van der Waals surface area contributed by atoms with Gasteiger partial charge in [-0.15, -0.1) is 0 Å². The molecule has 0 bridgehead atoms. The predicted molar refractivity (Wildman–Crippen MR) is 170 cm³/mol. The first-order chi connectivity index (χ1) is 18.8. The van der Waals surface area contributed by atoms with Crippen LogP contribution in [0.25, 0.3) is 0 Å². The van der Waals surface area contributed by atoms with Gasteiger partial charge >= 0.3 is 0 Å². The second-order valence-electron chi connectivity index (χ2n) is 12.0. The van der Waals surface area contributed by atoms with E-state index in [0.29, 0.717) is 0 Å². The summed E-state index contributed by atoms with van der Waals surface area (Å²) in [5.74, 6) is 0.932. The normalized spacial score (nSPS) is 11.4. The smallest absolute Gasteiger partial charge is 0.132 e. The maximum Gasteiger partial charge on any atom is 0.132 e. The van der Waals surface area contributed by atoms with Crippen molar-refractivity contribution in [1.82, 2.24) is 9.97 Å². The fraction of sp³-hybridized carbons (Fsp3) is 0.861. The van der Waals surface area contributed by atoms with Gasteiger partial charge in [0.05, 0.1) is 0 Å². The highest BCUT2D eigenvalue weighted by molar-refractivity contribution is 5.15. The highest BCUT2D eigenvalue weighted by Crippen LogP contribution is 2.16. The first-order valence-corrected chi connectivity index (χ1v) is 17.5. The van der Waals surface area contributed by atoms with Gasteiger partial charge in [-0.3, -0.25) is 0 Å². The second-order valence-corrected chi connectivity index (χ2v) is 12.0. The number of unbranched alkanes of at least 4 members (excludes halogenated alkanes) is 24. The molecule has 1 radical (unpaired) electrons. The zero-order valence-electron chi connectivity index (χ0n) is 26.3. The summed E-state index contributed by atoms with van der Waals surface area (Å²) in [6.07, 6.45) is 41.0. The lowest BCUT2D eigenvalue weighted by Gasteiger charge is -2.08. The zero-order chi connectivity index (χ0) is 27.4. The van der Waals surface area contributed by atoms with E-state index in [4.69, 9.17) is 9.97 Å². The van der Waals surface area contributed by atoms with Crippen LogP contribution in [0.2, 0.25) is 0 Å². The summed E-state index contributed by atoms with van der Waals surface area (Å²) in [5, 5.41) is 0. The van der Waals surface area contributed by atoms with E-state index >= 15 is 0 Å². The van der Waals surface area contributed by atoms with Gasteiger partial charge in [-0.2, -0.15) is 0 Å². The second kappa shape index (κ2) is 27.6. The van der Waals surface area contributed by atoms with E-state index in [1.807, 2.05) is 0 Å². The first kappa shape index (κ1) is 35.1. The molecule has 1 aromatic rings. The fourth-order valence-corrected chi connectivity index (χ4v) is 5.61. The molecule has 221 valence electrons. The summed E-state index contributed by atoms with van der Waals surface area (Å²) in [5.41, 5.74) is 2.53. The molecule has 2 nitrogen and oxygen atoms in total. The molecule has 0 saturated carbocycles. The average Bonchev–Trinajstić information content (AvgIpc) is 2.93. The van der Waals surface area contributed by atoms with Crippen molar-refractivity contribution in [2.75, 3.05) is 0 Å². The maximum atomic E-state index is 4.79. The van der Waals surface area contributed by atoms with E-state index in [0.717, 1.165) is 18.7 Å². The summed E-state index contributed by atoms with van der Waals surface area (Å²) < 4.78 is 0. The number of nitrogens with zero attached hydrogens (tertiary/aromatic N) is 2. The monoisotopic (exact) mass is 528 g/mol. The van der Waals surface area contributed by atoms with E-state index in [1.54, 1.807) is 0 Å². The lowest BCUT2D eigenvalue weighted by Crippen LogP contribution is -2.02. The van der Waals surface area contributed by atoms with Gasteiger partial charge in [0.1, 0.15) is 5.82 Å². The summed E-state index contributed by atoms with van der Waals surface area (Å²) in [7, 11) is 0. The van der Waals surface area contributed by atoms with E-state index in [9.17, 15) is 0 Å². The van der Waals surface area contributed by atoms with E-state index < -0.39 is 0 Å². The molecule has 0 aliphatic carbocycles. The summed E-state index contributed by atoms with van der Waals surface area (Å²) in [4.78, 5) is 9.59. The van der Waals surface area contributed by atoms with Crippen molar-refractivity contribution in [2.45, 2.75) is 201 Å².